The summed E-state index contributed by atoms with van der Waals surface area (Å²) < 4.78 is 0.977. The van der Waals surface area contributed by atoms with Crippen LogP contribution in [0, 0.1) is 5.92 Å². The van der Waals surface area contributed by atoms with E-state index in [4.69, 9.17) is 12.2 Å². The number of nitrogens with zero attached hydrogens (tertiary/aromatic N) is 1. The molecule has 1 aliphatic heterocycles. The molecular weight excluding hydrogens is 212 g/mol. The molecule has 1 N–H and O–H groups in total. The molecule has 1 heterocycles. The highest BCUT2D eigenvalue weighted by atomic mass is 32.2. The molecule has 0 saturated carbocycles. The van der Waals surface area contributed by atoms with E-state index in [2.05, 4.69) is 19.3 Å². The minimum atomic E-state index is 0.504. The fraction of sp³-hybridized carbons (Fsp3) is 0.900. The largest absolute Gasteiger partial charge is 0.295 e. The van der Waals surface area contributed by atoms with Crippen LogP contribution in [0.5, 0.6) is 0 Å². The minimum absolute atomic E-state index is 0.504. The van der Waals surface area contributed by atoms with Crippen molar-refractivity contribution in [1.82, 2.24) is 10.4 Å². The number of rotatable bonds is 5. The Balaban J connectivity index is 2.41. The lowest BCUT2D eigenvalue weighted by molar-refractivity contribution is 0.302. The third kappa shape index (κ3) is 3.11. The average Bonchev–Trinajstić information content (AvgIpc) is 2.48. The van der Waals surface area contributed by atoms with Crippen molar-refractivity contribution in [1.29, 1.82) is 0 Å². The number of thiocarbonyl (C=S) groups is 1. The van der Waals surface area contributed by atoms with Gasteiger partial charge in [-0.1, -0.05) is 57.1 Å². The van der Waals surface area contributed by atoms with Crippen LogP contribution in [-0.4, -0.2) is 21.8 Å². The first-order valence-electron chi connectivity index (χ1n) is 5.39. The first kappa shape index (κ1) is 12.3. The summed E-state index contributed by atoms with van der Waals surface area (Å²) in [6, 6.07) is 0. The zero-order valence-electron chi connectivity index (χ0n) is 9.25. The van der Waals surface area contributed by atoms with Crippen molar-refractivity contribution in [2.75, 3.05) is 7.05 Å². The maximum absolute atomic E-state index is 5.22. The Morgan fingerprint density at radius 1 is 1.57 bits per heavy atom. The van der Waals surface area contributed by atoms with Crippen LogP contribution in [-0.2, 0) is 0 Å². The zero-order valence-corrected chi connectivity index (χ0v) is 10.9. The van der Waals surface area contributed by atoms with Crippen LogP contribution in [0.25, 0.3) is 0 Å². The summed E-state index contributed by atoms with van der Waals surface area (Å²) in [5.74, 6) is 0.753. The van der Waals surface area contributed by atoms with E-state index in [1.165, 1.54) is 25.7 Å². The van der Waals surface area contributed by atoms with Crippen LogP contribution in [0.15, 0.2) is 0 Å². The van der Waals surface area contributed by atoms with Gasteiger partial charge in [0.1, 0.15) is 0 Å². The predicted octanol–water partition coefficient (Wildman–Crippen LogP) is 3.00. The van der Waals surface area contributed by atoms with Crippen LogP contribution in [0.3, 0.4) is 0 Å². The van der Waals surface area contributed by atoms with Crippen molar-refractivity contribution in [3.8, 4) is 0 Å². The molecule has 0 aromatic heterocycles. The third-order valence-corrected chi connectivity index (χ3v) is 4.49. The molecule has 1 saturated heterocycles. The fourth-order valence-corrected chi connectivity index (χ4v) is 3.22. The highest BCUT2D eigenvalue weighted by Gasteiger charge is 2.29. The molecule has 14 heavy (non-hydrogen) atoms. The second kappa shape index (κ2) is 5.93. The molecule has 4 heteroatoms. The number of nitrogens with one attached hydrogen (secondary N) is 1. The standard InChI is InChI=1S/C10H20N2S2/c1-4-6-7-8(5-2)9-11-12(3)10(13)14-9/h8-9,11H,4-7H2,1-3H3. The lowest BCUT2D eigenvalue weighted by Crippen LogP contribution is -2.37. The van der Waals surface area contributed by atoms with Gasteiger partial charge in [0.25, 0.3) is 0 Å². The summed E-state index contributed by atoms with van der Waals surface area (Å²) in [4.78, 5) is 0. The molecule has 0 amide bonds. The number of thioether (sulfide) groups is 1. The molecule has 1 aliphatic rings. The van der Waals surface area contributed by atoms with Crippen molar-refractivity contribution in [3.05, 3.63) is 0 Å². The molecule has 2 nitrogen and oxygen atoms in total. The molecule has 1 rings (SSSR count). The summed E-state index contributed by atoms with van der Waals surface area (Å²) in [5.41, 5.74) is 3.42. The molecule has 1 fully saturated rings. The molecule has 0 aliphatic carbocycles. The van der Waals surface area contributed by atoms with Gasteiger partial charge in [-0.25, -0.2) is 5.43 Å². The van der Waals surface area contributed by atoms with E-state index in [1.54, 1.807) is 11.8 Å². The van der Waals surface area contributed by atoms with E-state index in [0.717, 1.165) is 10.2 Å². The maximum atomic E-state index is 5.22. The Hall–Kier alpha value is 0.200. The summed E-state index contributed by atoms with van der Waals surface area (Å²) in [6.45, 7) is 4.52. The zero-order chi connectivity index (χ0) is 10.6. The Morgan fingerprint density at radius 2 is 2.29 bits per heavy atom. The normalized spacial score (nSPS) is 24.4. The van der Waals surface area contributed by atoms with Gasteiger partial charge in [0.15, 0.2) is 4.32 Å². The van der Waals surface area contributed by atoms with Gasteiger partial charge in [0.2, 0.25) is 0 Å². The molecule has 0 aromatic rings. The number of hydrogen-bond acceptors (Lipinski definition) is 3. The van der Waals surface area contributed by atoms with E-state index >= 15 is 0 Å². The van der Waals surface area contributed by atoms with Gasteiger partial charge in [0, 0.05) is 7.05 Å². The fourth-order valence-electron chi connectivity index (χ4n) is 1.70. The van der Waals surface area contributed by atoms with Gasteiger partial charge >= 0.3 is 0 Å². The lowest BCUT2D eigenvalue weighted by atomic mass is 9.99. The van der Waals surface area contributed by atoms with Gasteiger partial charge in [-0.2, -0.15) is 0 Å². The molecular formula is C10H20N2S2. The van der Waals surface area contributed by atoms with Gasteiger partial charge in [-0.05, 0) is 12.3 Å². The summed E-state index contributed by atoms with van der Waals surface area (Å²) in [5, 5.41) is 2.48. The number of hydrazine groups is 1. The second-order valence-corrected chi connectivity index (χ2v) is 5.58. The van der Waals surface area contributed by atoms with E-state index in [9.17, 15) is 0 Å². The van der Waals surface area contributed by atoms with E-state index < -0.39 is 0 Å². The summed E-state index contributed by atoms with van der Waals surface area (Å²) >= 11 is 7.03. The smallest absolute Gasteiger partial charge is 0.152 e. The molecule has 0 radical (unpaired) electrons. The highest BCUT2D eigenvalue weighted by Crippen LogP contribution is 2.30. The van der Waals surface area contributed by atoms with Crippen LogP contribution in [0.1, 0.15) is 39.5 Å². The van der Waals surface area contributed by atoms with Crippen molar-refractivity contribution in [3.63, 3.8) is 0 Å². The molecule has 82 valence electrons. The number of unbranched alkanes of at least 4 members (excludes halogenated alkanes) is 1. The van der Waals surface area contributed by atoms with E-state index in [-0.39, 0.29) is 0 Å². The van der Waals surface area contributed by atoms with Crippen molar-refractivity contribution >= 4 is 28.3 Å². The third-order valence-electron chi connectivity index (χ3n) is 2.70. The Bertz CT molecular complexity index is 197. The molecule has 0 bridgehead atoms. The van der Waals surface area contributed by atoms with Crippen molar-refractivity contribution < 1.29 is 0 Å². The van der Waals surface area contributed by atoms with Gasteiger partial charge in [0.05, 0.1) is 5.37 Å². The second-order valence-electron chi connectivity index (χ2n) is 3.80. The van der Waals surface area contributed by atoms with Crippen LogP contribution >= 0.6 is 24.0 Å². The SMILES string of the molecule is CCCCC(CC)C1NN(C)C(=S)S1. The lowest BCUT2D eigenvalue weighted by Gasteiger charge is -2.21. The van der Waals surface area contributed by atoms with Crippen molar-refractivity contribution in [2.45, 2.75) is 44.9 Å². The van der Waals surface area contributed by atoms with Gasteiger partial charge in [-0.15, -0.1) is 0 Å². The van der Waals surface area contributed by atoms with Crippen LogP contribution < -0.4 is 5.43 Å². The first-order chi connectivity index (χ1) is 6.69. The monoisotopic (exact) mass is 232 g/mol. The van der Waals surface area contributed by atoms with E-state index in [1.807, 2.05) is 12.1 Å². The topological polar surface area (TPSA) is 15.3 Å². The highest BCUT2D eigenvalue weighted by molar-refractivity contribution is 8.23. The van der Waals surface area contributed by atoms with E-state index in [0.29, 0.717) is 5.37 Å². The minimum Gasteiger partial charge on any atom is -0.295 e. The summed E-state index contributed by atoms with van der Waals surface area (Å²) in [7, 11) is 2.00. The molecule has 0 aromatic carbocycles. The molecule has 0 spiro atoms. The van der Waals surface area contributed by atoms with Crippen LogP contribution in [0.4, 0.5) is 0 Å². The Morgan fingerprint density at radius 3 is 2.71 bits per heavy atom. The van der Waals surface area contributed by atoms with Crippen LogP contribution in [0.2, 0.25) is 0 Å². The first-order valence-corrected chi connectivity index (χ1v) is 6.68. The maximum Gasteiger partial charge on any atom is 0.152 e. The molecule has 2 unspecified atom stereocenters. The van der Waals surface area contributed by atoms with Gasteiger partial charge < -0.3 is 0 Å². The number of hydrogen-bond donors (Lipinski definition) is 1. The Labute approximate surface area is 96.8 Å². The average molecular weight is 232 g/mol. The molecule has 2 atom stereocenters. The quantitative estimate of drug-likeness (QED) is 0.733. The Kier molecular flexibility index (Phi) is 5.20. The predicted molar refractivity (Wildman–Crippen MR) is 68.2 cm³/mol. The van der Waals surface area contributed by atoms with Crippen molar-refractivity contribution in [2.24, 2.45) is 5.92 Å². The summed E-state index contributed by atoms with van der Waals surface area (Å²) in [6.07, 6.45) is 5.16. The van der Waals surface area contributed by atoms with Gasteiger partial charge in [-0.3, -0.25) is 5.01 Å².